The van der Waals surface area contributed by atoms with Gasteiger partial charge in [-0.2, -0.15) is 4.99 Å². The Labute approximate surface area is 191 Å². The third kappa shape index (κ3) is 5.99. The molecule has 1 aromatic heterocycles. The van der Waals surface area contributed by atoms with Crippen LogP contribution in [0.1, 0.15) is 26.7 Å². The Kier molecular flexibility index (Phi) is 7.74. The Morgan fingerprint density at radius 3 is 2.66 bits per heavy atom. The van der Waals surface area contributed by atoms with Gasteiger partial charge < -0.3 is 14.2 Å². The second-order valence-electron chi connectivity index (χ2n) is 7.84. The SMILES string of the molecule is C#CCn1c(=NC(=O)CS(=O)(=O)CC(=O)N2CCC(C)CC2)sc2cc(OCC)ccc21. The summed E-state index contributed by atoms with van der Waals surface area (Å²) in [5, 5.41) is 0. The van der Waals surface area contributed by atoms with Crippen molar-refractivity contribution in [3.8, 4) is 18.1 Å². The summed E-state index contributed by atoms with van der Waals surface area (Å²) < 4.78 is 32.9. The summed E-state index contributed by atoms with van der Waals surface area (Å²) >= 11 is 1.22. The molecule has 1 aliphatic heterocycles. The number of rotatable bonds is 7. The highest BCUT2D eigenvalue weighted by Crippen LogP contribution is 2.23. The molecular formula is C22H27N3O5S2. The van der Waals surface area contributed by atoms with Crippen molar-refractivity contribution in [1.82, 2.24) is 9.47 Å². The van der Waals surface area contributed by atoms with E-state index in [1.54, 1.807) is 15.5 Å². The molecule has 2 aromatic rings. The number of ether oxygens (including phenoxy) is 1. The molecule has 0 bridgehead atoms. The predicted molar refractivity (Wildman–Crippen MR) is 124 cm³/mol. The number of terminal acetylenes is 1. The molecule has 10 heteroatoms. The maximum atomic E-state index is 12.5. The number of nitrogens with zero attached hydrogens (tertiary/aromatic N) is 3. The fourth-order valence-electron chi connectivity index (χ4n) is 3.55. The van der Waals surface area contributed by atoms with Gasteiger partial charge in [0.1, 0.15) is 17.3 Å². The van der Waals surface area contributed by atoms with E-state index >= 15 is 0 Å². The van der Waals surface area contributed by atoms with Gasteiger partial charge in [0, 0.05) is 13.1 Å². The molecule has 0 radical (unpaired) electrons. The van der Waals surface area contributed by atoms with E-state index in [1.165, 1.54) is 11.3 Å². The number of carbonyl (C=O) groups excluding carboxylic acids is 2. The lowest BCUT2D eigenvalue weighted by molar-refractivity contribution is -0.129. The molecule has 2 heterocycles. The summed E-state index contributed by atoms with van der Waals surface area (Å²) in [6.07, 6.45) is 7.18. The van der Waals surface area contributed by atoms with Gasteiger partial charge in [-0.15, -0.1) is 6.42 Å². The van der Waals surface area contributed by atoms with Crippen molar-refractivity contribution >= 4 is 43.2 Å². The van der Waals surface area contributed by atoms with Gasteiger partial charge >= 0.3 is 0 Å². The average molecular weight is 478 g/mol. The summed E-state index contributed by atoms with van der Waals surface area (Å²) in [7, 11) is -3.93. The van der Waals surface area contributed by atoms with Gasteiger partial charge in [0.05, 0.1) is 23.4 Å². The van der Waals surface area contributed by atoms with Crippen molar-refractivity contribution in [2.24, 2.45) is 10.9 Å². The normalized spacial score (nSPS) is 15.7. The monoisotopic (exact) mass is 477 g/mol. The molecule has 172 valence electrons. The van der Waals surface area contributed by atoms with Crippen molar-refractivity contribution in [2.75, 3.05) is 31.2 Å². The van der Waals surface area contributed by atoms with Crippen LogP contribution in [0, 0.1) is 18.3 Å². The number of carbonyl (C=O) groups is 2. The topological polar surface area (TPSA) is 98.0 Å². The minimum Gasteiger partial charge on any atom is -0.494 e. The van der Waals surface area contributed by atoms with E-state index in [0.29, 0.717) is 36.2 Å². The van der Waals surface area contributed by atoms with E-state index < -0.39 is 33.2 Å². The van der Waals surface area contributed by atoms with Crippen LogP contribution in [0.4, 0.5) is 0 Å². The maximum Gasteiger partial charge on any atom is 0.263 e. The fourth-order valence-corrected chi connectivity index (χ4v) is 5.73. The van der Waals surface area contributed by atoms with Gasteiger partial charge in [-0.25, -0.2) is 8.42 Å². The molecule has 1 aliphatic rings. The molecule has 0 aliphatic carbocycles. The first kappa shape index (κ1) is 24.0. The van der Waals surface area contributed by atoms with Gasteiger partial charge in [0.25, 0.3) is 5.91 Å². The van der Waals surface area contributed by atoms with Crippen LogP contribution in [-0.2, 0) is 26.0 Å². The van der Waals surface area contributed by atoms with Gasteiger partial charge in [-0.1, -0.05) is 24.2 Å². The number of likely N-dealkylation sites (tertiary alicyclic amines) is 1. The minimum atomic E-state index is -3.93. The molecule has 8 nitrogen and oxygen atoms in total. The zero-order chi connectivity index (χ0) is 23.3. The third-order valence-corrected chi connectivity index (χ3v) is 7.67. The van der Waals surface area contributed by atoms with Crippen LogP contribution in [0.2, 0.25) is 0 Å². The molecule has 0 spiro atoms. The third-order valence-electron chi connectivity index (χ3n) is 5.26. The van der Waals surface area contributed by atoms with Gasteiger partial charge in [-0.3, -0.25) is 9.59 Å². The predicted octanol–water partition coefficient (Wildman–Crippen LogP) is 1.84. The van der Waals surface area contributed by atoms with Crippen LogP contribution in [0.3, 0.4) is 0 Å². The highest BCUT2D eigenvalue weighted by atomic mass is 32.2. The molecule has 2 amide bonds. The first-order chi connectivity index (χ1) is 15.2. The quantitative estimate of drug-likeness (QED) is 0.567. The smallest absolute Gasteiger partial charge is 0.263 e. The fraction of sp³-hybridized carbons (Fsp3) is 0.500. The van der Waals surface area contributed by atoms with Crippen LogP contribution in [0.15, 0.2) is 23.2 Å². The van der Waals surface area contributed by atoms with Gasteiger partial charge in [0.15, 0.2) is 14.6 Å². The molecule has 1 saturated heterocycles. The van der Waals surface area contributed by atoms with Crippen LogP contribution >= 0.6 is 11.3 Å². The van der Waals surface area contributed by atoms with Crippen LogP contribution in [0.25, 0.3) is 10.2 Å². The highest BCUT2D eigenvalue weighted by Gasteiger charge is 2.26. The van der Waals surface area contributed by atoms with E-state index in [-0.39, 0.29) is 6.54 Å². The average Bonchev–Trinajstić information content (AvgIpc) is 3.04. The van der Waals surface area contributed by atoms with E-state index in [1.807, 2.05) is 19.1 Å². The lowest BCUT2D eigenvalue weighted by atomic mass is 9.99. The molecule has 3 rings (SSSR count). The van der Waals surface area contributed by atoms with Crippen LogP contribution in [0.5, 0.6) is 5.75 Å². The van der Waals surface area contributed by atoms with Crippen LogP contribution < -0.4 is 9.54 Å². The molecule has 0 atom stereocenters. The number of piperidine rings is 1. The highest BCUT2D eigenvalue weighted by molar-refractivity contribution is 7.92. The molecule has 0 unspecified atom stereocenters. The summed E-state index contributed by atoms with van der Waals surface area (Å²) in [6, 6.07) is 5.45. The Balaban J connectivity index is 1.78. The number of fused-ring (bicyclic) bond motifs is 1. The maximum absolute atomic E-state index is 12.5. The van der Waals surface area contributed by atoms with Crippen molar-refractivity contribution in [3.05, 3.63) is 23.0 Å². The van der Waals surface area contributed by atoms with Gasteiger partial charge in [-0.05, 0) is 43.9 Å². The number of hydrogen-bond donors (Lipinski definition) is 0. The summed E-state index contributed by atoms with van der Waals surface area (Å²) in [5.74, 6) is 0.941. The lowest BCUT2D eigenvalue weighted by Gasteiger charge is -2.30. The Morgan fingerprint density at radius 1 is 1.28 bits per heavy atom. The van der Waals surface area contributed by atoms with Gasteiger partial charge in [0.2, 0.25) is 5.91 Å². The summed E-state index contributed by atoms with van der Waals surface area (Å²) in [5.41, 5.74) is 0.778. The first-order valence-corrected chi connectivity index (χ1v) is 13.1. The van der Waals surface area contributed by atoms with Crippen molar-refractivity contribution in [2.45, 2.75) is 33.2 Å². The second kappa shape index (κ2) is 10.3. The summed E-state index contributed by atoms with van der Waals surface area (Å²) in [4.78, 5) is 30.7. The lowest BCUT2D eigenvalue weighted by Crippen LogP contribution is -2.41. The summed E-state index contributed by atoms with van der Waals surface area (Å²) in [6.45, 7) is 5.78. The second-order valence-corrected chi connectivity index (χ2v) is 10.9. The number of hydrogen-bond acceptors (Lipinski definition) is 6. The van der Waals surface area contributed by atoms with E-state index in [4.69, 9.17) is 11.2 Å². The number of sulfone groups is 1. The molecule has 32 heavy (non-hydrogen) atoms. The minimum absolute atomic E-state index is 0.179. The standard InChI is InChI=1S/C22H27N3O5S2/c1-4-10-25-18-7-6-17(30-5-2)13-19(18)31-22(25)23-20(26)14-32(28,29)15-21(27)24-11-8-16(3)9-12-24/h1,6-7,13,16H,5,8-12,14-15H2,2-3H3. The Bertz CT molecular complexity index is 1210. The number of amides is 2. The zero-order valence-corrected chi connectivity index (χ0v) is 19.9. The molecule has 1 aromatic carbocycles. The molecule has 0 saturated carbocycles. The Morgan fingerprint density at radius 2 is 2.00 bits per heavy atom. The van der Waals surface area contributed by atoms with E-state index in [2.05, 4.69) is 17.8 Å². The molecule has 0 N–H and O–H groups in total. The van der Waals surface area contributed by atoms with E-state index in [0.717, 1.165) is 23.1 Å². The number of thiazole rings is 1. The molecule has 1 fully saturated rings. The Hall–Kier alpha value is -2.64. The molecular weight excluding hydrogens is 450 g/mol. The van der Waals surface area contributed by atoms with Crippen molar-refractivity contribution in [1.29, 1.82) is 0 Å². The largest absolute Gasteiger partial charge is 0.494 e. The van der Waals surface area contributed by atoms with E-state index in [9.17, 15) is 18.0 Å². The van der Waals surface area contributed by atoms with Crippen molar-refractivity contribution in [3.63, 3.8) is 0 Å². The first-order valence-electron chi connectivity index (χ1n) is 10.5. The number of aromatic nitrogens is 1. The van der Waals surface area contributed by atoms with Crippen molar-refractivity contribution < 1.29 is 22.7 Å². The number of benzene rings is 1. The van der Waals surface area contributed by atoms with Crippen LogP contribution in [-0.4, -0.2) is 60.9 Å². The zero-order valence-electron chi connectivity index (χ0n) is 18.2.